The molecule has 35 heavy (non-hydrogen) atoms. The van der Waals surface area contributed by atoms with Crippen LogP contribution in [0.4, 0.5) is 11.8 Å². The summed E-state index contributed by atoms with van der Waals surface area (Å²) < 4.78 is 9.25. The zero-order valence-corrected chi connectivity index (χ0v) is 22.2. The van der Waals surface area contributed by atoms with Gasteiger partial charge in [-0.15, -0.1) is 11.8 Å². The van der Waals surface area contributed by atoms with Crippen LogP contribution in [0, 0.1) is 0 Å². The lowest BCUT2D eigenvalue weighted by atomic mass is 10.2. The molecule has 4 aromatic rings. The molecular formula is C26H32N6OSSi. The van der Waals surface area contributed by atoms with Crippen LogP contribution in [0.25, 0.3) is 11.2 Å². The Morgan fingerprint density at radius 3 is 2.20 bits per heavy atom. The molecule has 182 valence electrons. The van der Waals surface area contributed by atoms with Crippen molar-refractivity contribution in [3.8, 4) is 0 Å². The molecule has 1 aliphatic heterocycles. The second-order valence-corrected chi connectivity index (χ2v) is 15.8. The average molecular weight is 505 g/mol. The maximum Gasteiger partial charge on any atom is 0.261 e. The van der Waals surface area contributed by atoms with Gasteiger partial charge in [0.1, 0.15) is 5.52 Å². The largest absolute Gasteiger partial charge is 0.406 e. The molecule has 1 fully saturated rings. The molecule has 4 N–H and O–H groups in total. The van der Waals surface area contributed by atoms with Crippen molar-refractivity contribution in [3.63, 3.8) is 0 Å². The van der Waals surface area contributed by atoms with Crippen molar-refractivity contribution in [2.24, 2.45) is 0 Å². The predicted molar refractivity (Wildman–Crippen MR) is 147 cm³/mol. The van der Waals surface area contributed by atoms with E-state index in [4.69, 9.17) is 15.9 Å². The summed E-state index contributed by atoms with van der Waals surface area (Å²) in [6.07, 6.45) is 3.87. The van der Waals surface area contributed by atoms with E-state index in [1.165, 1.54) is 10.4 Å². The smallest absolute Gasteiger partial charge is 0.261 e. The van der Waals surface area contributed by atoms with E-state index in [0.717, 1.165) is 12.8 Å². The van der Waals surface area contributed by atoms with E-state index in [-0.39, 0.29) is 16.4 Å². The molecule has 1 saturated heterocycles. The molecule has 1 aliphatic rings. The van der Waals surface area contributed by atoms with Crippen LogP contribution in [0.2, 0.25) is 5.04 Å². The number of imidazole rings is 1. The van der Waals surface area contributed by atoms with Crippen LogP contribution in [0.3, 0.4) is 0 Å². The summed E-state index contributed by atoms with van der Waals surface area (Å²) in [5.41, 5.74) is 13.2. The van der Waals surface area contributed by atoms with Crippen LogP contribution in [-0.2, 0) is 4.43 Å². The maximum atomic E-state index is 7.17. The average Bonchev–Trinajstić information content (AvgIpc) is 3.47. The number of nitrogen functional groups attached to an aromatic ring is 2. The van der Waals surface area contributed by atoms with Crippen molar-refractivity contribution in [2.75, 3.05) is 18.1 Å². The molecule has 7 nitrogen and oxygen atoms in total. The molecule has 3 heterocycles. The highest BCUT2D eigenvalue weighted by atomic mass is 32.2. The van der Waals surface area contributed by atoms with Gasteiger partial charge in [0.15, 0.2) is 11.5 Å². The summed E-state index contributed by atoms with van der Waals surface area (Å²) in [5.74, 6) is 0.493. The number of hydrogen-bond acceptors (Lipinski definition) is 7. The minimum atomic E-state index is -2.55. The summed E-state index contributed by atoms with van der Waals surface area (Å²) in [4.78, 5) is 12.9. The molecule has 0 bridgehead atoms. The van der Waals surface area contributed by atoms with Gasteiger partial charge in [-0.3, -0.25) is 0 Å². The lowest BCUT2D eigenvalue weighted by Gasteiger charge is -2.43. The molecule has 0 radical (unpaired) electrons. The number of nitrogens with zero attached hydrogens (tertiary/aromatic N) is 4. The van der Waals surface area contributed by atoms with Gasteiger partial charge in [-0.1, -0.05) is 81.4 Å². The van der Waals surface area contributed by atoms with Gasteiger partial charge < -0.3 is 20.5 Å². The number of nitrogens with two attached hydrogens (primary N) is 2. The Balaban J connectivity index is 1.42. The molecule has 0 saturated carbocycles. The van der Waals surface area contributed by atoms with E-state index < -0.39 is 8.32 Å². The highest BCUT2D eigenvalue weighted by Crippen LogP contribution is 2.44. The fourth-order valence-corrected chi connectivity index (χ4v) is 11.3. The maximum absolute atomic E-state index is 7.17. The minimum absolute atomic E-state index is 0.0368. The molecule has 5 rings (SSSR count). The van der Waals surface area contributed by atoms with E-state index in [2.05, 4.69) is 101 Å². The molecule has 2 aromatic carbocycles. The zero-order chi connectivity index (χ0) is 24.6. The molecule has 2 atom stereocenters. The Kier molecular flexibility index (Phi) is 6.33. The van der Waals surface area contributed by atoms with Crippen LogP contribution < -0.4 is 21.8 Å². The van der Waals surface area contributed by atoms with Gasteiger partial charge in [-0.2, -0.15) is 9.97 Å². The second-order valence-electron chi connectivity index (χ2n) is 10.1. The predicted octanol–water partition coefficient (Wildman–Crippen LogP) is 3.96. The van der Waals surface area contributed by atoms with Crippen molar-refractivity contribution < 1.29 is 4.43 Å². The second kappa shape index (κ2) is 9.29. The lowest BCUT2D eigenvalue weighted by Crippen LogP contribution is -2.67. The normalized spacial score (nSPS) is 18.8. The lowest BCUT2D eigenvalue weighted by molar-refractivity contribution is 0.295. The first kappa shape index (κ1) is 23.8. The van der Waals surface area contributed by atoms with Gasteiger partial charge in [0.25, 0.3) is 8.32 Å². The van der Waals surface area contributed by atoms with Crippen LogP contribution in [0.5, 0.6) is 0 Å². The number of anilines is 2. The molecule has 0 aliphatic carbocycles. The first-order valence-corrected chi connectivity index (χ1v) is 14.8. The van der Waals surface area contributed by atoms with Gasteiger partial charge in [-0.05, 0) is 28.3 Å². The van der Waals surface area contributed by atoms with Crippen LogP contribution >= 0.6 is 11.8 Å². The highest BCUT2D eigenvalue weighted by molar-refractivity contribution is 8.00. The Hall–Kier alpha value is -2.88. The van der Waals surface area contributed by atoms with E-state index in [9.17, 15) is 0 Å². The Morgan fingerprint density at radius 1 is 0.971 bits per heavy atom. The Morgan fingerprint density at radius 2 is 1.60 bits per heavy atom. The third kappa shape index (κ3) is 4.32. The Labute approximate surface area is 211 Å². The third-order valence-corrected chi connectivity index (χ3v) is 13.3. The van der Waals surface area contributed by atoms with Crippen LogP contribution in [0.15, 0.2) is 67.0 Å². The number of fused-ring (bicyclic) bond motifs is 1. The quantitative estimate of drug-likeness (QED) is 0.383. The standard InChI is InChI=1S/C26H32N6OSSi/c1-26(2,3)35(19-10-6-4-7-11-19,20-12-8-5-9-13-20)33-16-18-14-15-21(34-18)32-17-29-22-23(27)30-25(28)31-24(22)32/h4-13,17-18,21H,14-16H2,1-3H3,(H4,27,28,30,31)/t18-,21?/m0/s1. The number of rotatable bonds is 6. The summed E-state index contributed by atoms with van der Waals surface area (Å²) in [7, 11) is -2.55. The van der Waals surface area contributed by atoms with E-state index in [0.29, 0.717) is 28.8 Å². The topological polar surface area (TPSA) is 105 Å². The van der Waals surface area contributed by atoms with Crippen molar-refractivity contribution in [1.29, 1.82) is 0 Å². The monoisotopic (exact) mass is 504 g/mol. The molecular weight excluding hydrogens is 472 g/mol. The van der Waals surface area contributed by atoms with Crippen molar-refractivity contribution in [3.05, 3.63) is 67.0 Å². The summed E-state index contributed by atoms with van der Waals surface area (Å²) >= 11 is 1.91. The fraction of sp³-hybridized carbons (Fsp3) is 0.346. The van der Waals surface area contributed by atoms with Gasteiger partial charge in [-0.25, -0.2) is 4.98 Å². The highest BCUT2D eigenvalue weighted by Gasteiger charge is 2.50. The first-order valence-electron chi connectivity index (χ1n) is 12.0. The SMILES string of the molecule is CC(C)(C)[Si](OC[C@@H]1CCC(n2cnc3c(N)nc(N)nc32)S1)(c1ccccc1)c1ccccc1. The van der Waals surface area contributed by atoms with E-state index >= 15 is 0 Å². The Bertz CT molecular complexity index is 1270. The molecule has 2 aromatic heterocycles. The number of hydrogen-bond donors (Lipinski definition) is 2. The zero-order valence-electron chi connectivity index (χ0n) is 20.4. The molecule has 1 unspecified atom stereocenters. The summed E-state index contributed by atoms with van der Waals surface area (Å²) in [5, 5.41) is 3.16. The van der Waals surface area contributed by atoms with Gasteiger partial charge in [0.2, 0.25) is 5.95 Å². The van der Waals surface area contributed by atoms with Crippen LogP contribution in [0.1, 0.15) is 39.0 Å². The van der Waals surface area contributed by atoms with Crippen molar-refractivity contribution in [1.82, 2.24) is 19.5 Å². The minimum Gasteiger partial charge on any atom is -0.406 e. The van der Waals surface area contributed by atoms with Gasteiger partial charge in [0.05, 0.1) is 11.7 Å². The van der Waals surface area contributed by atoms with Crippen LogP contribution in [-0.4, -0.2) is 39.7 Å². The summed E-state index contributed by atoms with van der Waals surface area (Å²) in [6, 6.07) is 21.6. The molecule has 0 spiro atoms. The van der Waals surface area contributed by atoms with Gasteiger partial charge >= 0.3 is 0 Å². The fourth-order valence-electron chi connectivity index (χ4n) is 5.16. The third-order valence-electron chi connectivity index (χ3n) is 6.76. The number of thioether (sulfide) groups is 1. The number of aromatic nitrogens is 4. The van der Waals surface area contributed by atoms with Crippen molar-refractivity contribution in [2.45, 2.75) is 49.3 Å². The van der Waals surface area contributed by atoms with Crippen molar-refractivity contribution >= 4 is 53.4 Å². The molecule has 9 heteroatoms. The first-order chi connectivity index (χ1) is 16.8. The van der Waals surface area contributed by atoms with E-state index in [1.807, 2.05) is 11.8 Å². The molecule has 0 amide bonds. The number of benzene rings is 2. The summed E-state index contributed by atoms with van der Waals surface area (Å²) in [6.45, 7) is 7.64. The van der Waals surface area contributed by atoms with E-state index in [1.54, 1.807) is 6.33 Å². The van der Waals surface area contributed by atoms with Gasteiger partial charge in [0, 0.05) is 11.9 Å².